The van der Waals surface area contributed by atoms with Gasteiger partial charge in [-0.25, -0.2) is 0 Å². The number of nitrogens with zero attached hydrogens (tertiary/aromatic N) is 1. The Hall–Kier alpha value is -1.10. The SMILES string of the molecule is CC(=O)Nc1ccc(CN2CCCCC2CN)cc1.Cl. The lowest BCUT2D eigenvalue weighted by Gasteiger charge is -2.35. The van der Waals surface area contributed by atoms with Gasteiger partial charge in [-0.1, -0.05) is 18.6 Å². The zero-order valence-corrected chi connectivity index (χ0v) is 12.8. The summed E-state index contributed by atoms with van der Waals surface area (Å²) in [5, 5.41) is 2.78. The van der Waals surface area contributed by atoms with Gasteiger partial charge < -0.3 is 11.1 Å². The van der Waals surface area contributed by atoms with E-state index in [-0.39, 0.29) is 18.3 Å². The number of nitrogens with two attached hydrogens (primary N) is 1. The molecule has 1 atom stereocenters. The van der Waals surface area contributed by atoms with Crippen LogP contribution in [0.5, 0.6) is 0 Å². The quantitative estimate of drug-likeness (QED) is 0.897. The number of amides is 1. The van der Waals surface area contributed by atoms with Crippen LogP contribution in [0.4, 0.5) is 5.69 Å². The molecule has 1 unspecified atom stereocenters. The highest BCUT2D eigenvalue weighted by molar-refractivity contribution is 5.88. The Kier molecular flexibility index (Phi) is 6.99. The first-order valence-corrected chi connectivity index (χ1v) is 6.99. The normalized spacial score (nSPS) is 19.2. The molecule has 20 heavy (non-hydrogen) atoms. The Morgan fingerprint density at radius 3 is 2.65 bits per heavy atom. The lowest BCUT2D eigenvalue weighted by atomic mass is 10.0. The van der Waals surface area contributed by atoms with Gasteiger partial charge in [-0.3, -0.25) is 9.69 Å². The lowest BCUT2D eigenvalue weighted by molar-refractivity contribution is -0.114. The number of benzene rings is 1. The number of carbonyl (C=O) groups is 1. The van der Waals surface area contributed by atoms with Gasteiger partial charge in [0.05, 0.1) is 0 Å². The molecule has 1 aliphatic rings. The molecule has 0 spiro atoms. The van der Waals surface area contributed by atoms with Crippen molar-refractivity contribution in [1.82, 2.24) is 4.90 Å². The van der Waals surface area contributed by atoms with Gasteiger partial charge in [0.15, 0.2) is 0 Å². The largest absolute Gasteiger partial charge is 0.329 e. The van der Waals surface area contributed by atoms with Crippen LogP contribution in [-0.4, -0.2) is 29.9 Å². The maximum absolute atomic E-state index is 11.0. The molecule has 1 saturated heterocycles. The molecule has 2 rings (SSSR count). The molecule has 0 radical (unpaired) electrons. The molecule has 5 heteroatoms. The number of halogens is 1. The zero-order valence-electron chi connectivity index (χ0n) is 12.0. The van der Waals surface area contributed by atoms with E-state index in [2.05, 4.69) is 22.3 Å². The lowest BCUT2D eigenvalue weighted by Crippen LogP contribution is -2.43. The third-order valence-electron chi connectivity index (χ3n) is 3.68. The highest BCUT2D eigenvalue weighted by Crippen LogP contribution is 2.19. The second-order valence-corrected chi connectivity index (χ2v) is 5.23. The van der Waals surface area contributed by atoms with Crippen LogP contribution in [0, 0.1) is 0 Å². The molecule has 0 saturated carbocycles. The Morgan fingerprint density at radius 2 is 2.05 bits per heavy atom. The van der Waals surface area contributed by atoms with Crippen molar-refractivity contribution >= 4 is 24.0 Å². The number of nitrogens with one attached hydrogen (secondary N) is 1. The summed E-state index contributed by atoms with van der Waals surface area (Å²) in [5.74, 6) is -0.0352. The minimum atomic E-state index is -0.0352. The number of hydrogen-bond donors (Lipinski definition) is 2. The summed E-state index contributed by atoms with van der Waals surface area (Å²) in [5.41, 5.74) is 7.96. The van der Waals surface area contributed by atoms with E-state index in [4.69, 9.17) is 5.73 Å². The van der Waals surface area contributed by atoms with E-state index >= 15 is 0 Å². The molecule has 1 heterocycles. The standard InChI is InChI=1S/C15H23N3O.ClH/c1-12(19)17-14-7-5-13(6-8-14)11-18-9-3-2-4-15(18)10-16;/h5-8,15H,2-4,9-11,16H2,1H3,(H,17,19);1H. The maximum atomic E-state index is 11.0. The van der Waals surface area contributed by atoms with Gasteiger partial charge in [-0.05, 0) is 37.1 Å². The molecule has 1 aliphatic heterocycles. The van der Waals surface area contributed by atoms with E-state index in [1.54, 1.807) is 0 Å². The van der Waals surface area contributed by atoms with Gasteiger partial charge in [0.2, 0.25) is 5.91 Å². The topological polar surface area (TPSA) is 58.4 Å². The predicted molar refractivity (Wildman–Crippen MR) is 85.1 cm³/mol. The van der Waals surface area contributed by atoms with E-state index < -0.39 is 0 Å². The maximum Gasteiger partial charge on any atom is 0.221 e. The summed E-state index contributed by atoms with van der Waals surface area (Å²) in [4.78, 5) is 13.4. The number of hydrogen-bond acceptors (Lipinski definition) is 3. The smallest absolute Gasteiger partial charge is 0.221 e. The first-order valence-electron chi connectivity index (χ1n) is 6.99. The molecule has 1 aromatic carbocycles. The van der Waals surface area contributed by atoms with Crippen LogP contribution in [0.1, 0.15) is 31.7 Å². The summed E-state index contributed by atoms with van der Waals surface area (Å²) in [7, 11) is 0. The molecule has 112 valence electrons. The summed E-state index contributed by atoms with van der Waals surface area (Å²) >= 11 is 0. The van der Waals surface area contributed by atoms with Gasteiger partial charge in [-0.2, -0.15) is 0 Å². The molecule has 3 N–H and O–H groups in total. The van der Waals surface area contributed by atoms with Crippen molar-refractivity contribution in [3.05, 3.63) is 29.8 Å². The molecular formula is C15H24ClN3O. The molecule has 0 aliphatic carbocycles. The highest BCUT2D eigenvalue weighted by atomic mass is 35.5. The average molecular weight is 298 g/mol. The van der Waals surface area contributed by atoms with E-state index in [0.29, 0.717) is 6.04 Å². The summed E-state index contributed by atoms with van der Waals surface area (Å²) in [6.07, 6.45) is 3.76. The van der Waals surface area contributed by atoms with Crippen LogP contribution < -0.4 is 11.1 Å². The molecule has 1 amide bonds. The minimum Gasteiger partial charge on any atom is -0.329 e. The Bertz CT molecular complexity index is 422. The van der Waals surface area contributed by atoms with Gasteiger partial charge in [-0.15, -0.1) is 12.4 Å². The Morgan fingerprint density at radius 1 is 1.35 bits per heavy atom. The molecule has 0 aromatic heterocycles. The van der Waals surface area contributed by atoms with Crippen molar-refractivity contribution in [3.8, 4) is 0 Å². The molecular weight excluding hydrogens is 274 g/mol. The van der Waals surface area contributed by atoms with Crippen molar-refractivity contribution in [2.75, 3.05) is 18.4 Å². The number of likely N-dealkylation sites (tertiary alicyclic amines) is 1. The molecule has 1 aromatic rings. The third kappa shape index (κ3) is 4.78. The second kappa shape index (κ2) is 8.25. The van der Waals surface area contributed by atoms with Crippen LogP contribution in [0.2, 0.25) is 0 Å². The third-order valence-corrected chi connectivity index (χ3v) is 3.68. The van der Waals surface area contributed by atoms with E-state index in [9.17, 15) is 4.79 Å². The van der Waals surface area contributed by atoms with Crippen molar-refractivity contribution in [3.63, 3.8) is 0 Å². The van der Waals surface area contributed by atoms with Crippen molar-refractivity contribution < 1.29 is 4.79 Å². The van der Waals surface area contributed by atoms with Gasteiger partial charge in [0.25, 0.3) is 0 Å². The fourth-order valence-electron chi connectivity index (χ4n) is 2.67. The summed E-state index contributed by atoms with van der Waals surface area (Å²) in [6, 6.07) is 8.58. The van der Waals surface area contributed by atoms with Crippen LogP contribution in [0.3, 0.4) is 0 Å². The fraction of sp³-hybridized carbons (Fsp3) is 0.533. The predicted octanol–water partition coefficient (Wildman–Crippen LogP) is 2.38. The number of carbonyl (C=O) groups excluding carboxylic acids is 1. The summed E-state index contributed by atoms with van der Waals surface area (Å²) < 4.78 is 0. The van der Waals surface area contributed by atoms with Crippen LogP contribution >= 0.6 is 12.4 Å². The fourth-order valence-corrected chi connectivity index (χ4v) is 2.67. The number of piperidine rings is 1. The van der Waals surface area contributed by atoms with E-state index in [1.165, 1.54) is 31.7 Å². The van der Waals surface area contributed by atoms with E-state index in [0.717, 1.165) is 25.3 Å². The summed E-state index contributed by atoms with van der Waals surface area (Å²) in [6.45, 7) is 4.34. The Balaban J connectivity index is 0.00000200. The number of anilines is 1. The highest BCUT2D eigenvalue weighted by Gasteiger charge is 2.20. The first kappa shape index (κ1) is 17.0. The van der Waals surface area contributed by atoms with Gasteiger partial charge >= 0.3 is 0 Å². The first-order chi connectivity index (χ1) is 9.19. The van der Waals surface area contributed by atoms with E-state index in [1.807, 2.05) is 12.1 Å². The van der Waals surface area contributed by atoms with Crippen LogP contribution in [0.25, 0.3) is 0 Å². The monoisotopic (exact) mass is 297 g/mol. The van der Waals surface area contributed by atoms with Gasteiger partial charge in [0.1, 0.15) is 0 Å². The molecule has 0 bridgehead atoms. The molecule has 1 fully saturated rings. The van der Waals surface area contributed by atoms with Crippen molar-refractivity contribution in [1.29, 1.82) is 0 Å². The molecule has 4 nitrogen and oxygen atoms in total. The van der Waals surface area contributed by atoms with Gasteiger partial charge in [0, 0.05) is 31.7 Å². The number of rotatable bonds is 4. The van der Waals surface area contributed by atoms with Crippen molar-refractivity contribution in [2.45, 2.75) is 38.8 Å². The van der Waals surface area contributed by atoms with Crippen molar-refractivity contribution in [2.24, 2.45) is 5.73 Å². The minimum absolute atomic E-state index is 0. The average Bonchev–Trinajstić information content (AvgIpc) is 2.41. The van der Waals surface area contributed by atoms with Crippen LogP contribution in [0.15, 0.2) is 24.3 Å². The van der Waals surface area contributed by atoms with Crippen LogP contribution in [-0.2, 0) is 11.3 Å². The Labute approximate surface area is 127 Å². The zero-order chi connectivity index (χ0) is 13.7. The second-order valence-electron chi connectivity index (χ2n) is 5.23.